The number of amides is 3. The maximum atomic E-state index is 13.7. The van der Waals surface area contributed by atoms with Crippen LogP contribution in [0.1, 0.15) is 34.2 Å². The number of ether oxygens (including phenoxy) is 3. The second kappa shape index (κ2) is 16.2. The molecular formula is C31H38F3N3O5S. The highest BCUT2D eigenvalue weighted by Gasteiger charge is 2.34. The summed E-state index contributed by atoms with van der Waals surface area (Å²) in [6, 6.07) is 13.4. The van der Waals surface area contributed by atoms with Crippen molar-refractivity contribution in [2.45, 2.75) is 39.4 Å². The van der Waals surface area contributed by atoms with Gasteiger partial charge in [0.25, 0.3) is 0 Å². The molecule has 0 atom stereocenters. The van der Waals surface area contributed by atoms with Gasteiger partial charge < -0.3 is 29.3 Å². The highest BCUT2D eigenvalue weighted by molar-refractivity contribution is 7.11. The molecule has 2 aromatic carbocycles. The lowest BCUT2D eigenvalue weighted by atomic mass is 10.1. The van der Waals surface area contributed by atoms with E-state index in [1.54, 1.807) is 36.5 Å². The number of benzene rings is 2. The van der Waals surface area contributed by atoms with Crippen molar-refractivity contribution in [1.82, 2.24) is 9.80 Å². The Morgan fingerprint density at radius 3 is 2.35 bits per heavy atom. The van der Waals surface area contributed by atoms with Gasteiger partial charge in [-0.2, -0.15) is 13.2 Å². The first kappa shape index (κ1) is 33.7. The monoisotopic (exact) mass is 621 g/mol. The first-order valence-corrected chi connectivity index (χ1v) is 14.7. The Balaban J connectivity index is 1.81. The lowest BCUT2D eigenvalue weighted by Crippen LogP contribution is -2.45. The second-order valence-corrected chi connectivity index (χ2v) is 11.1. The average molecular weight is 622 g/mol. The number of nitrogens with one attached hydrogen (secondary N) is 1. The van der Waals surface area contributed by atoms with Gasteiger partial charge >= 0.3 is 12.2 Å². The van der Waals surface area contributed by atoms with Crippen molar-refractivity contribution in [2.75, 3.05) is 52.4 Å². The van der Waals surface area contributed by atoms with Gasteiger partial charge in [-0.05, 0) is 68.7 Å². The molecule has 0 unspecified atom stereocenters. The molecule has 43 heavy (non-hydrogen) atoms. The number of aryl methyl sites for hydroxylation is 1. The Morgan fingerprint density at radius 2 is 1.70 bits per heavy atom. The summed E-state index contributed by atoms with van der Waals surface area (Å²) in [5.41, 5.74) is -0.414. The Morgan fingerprint density at radius 1 is 0.953 bits per heavy atom. The SMILES string of the molecule is CCOCCCN(CC(=O)N(CCc1ccc(OC)c(OC)c1)Cc1ccc(C)s1)C(=O)Nc1ccccc1C(F)(F)F. The molecule has 0 aliphatic carbocycles. The normalized spacial score (nSPS) is 11.2. The van der Waals surface area contributed by atoms with Gasteiger partial charge in [0, 0.05) is 36.1 Å². The minimum atomic E-state index is -4.65. The van der Waals surface area contributed by atoms with Crippen LogP contribution in [-0.2, 0) is 28.7 Å². The standard InChI is InChI=1S/C31H38F3N3O5S/c1-5-42-18-8-16-37(30(39)35-26-10-7-6-9-25(26)31(32,33)34)21-29(38)36(20-24-13-11-22(2)43-24)17-15-23-12-14-27(40-3)28(19-23)41-4/h6-7,9-14,19H,5,8,15-18,20-21H2,1-4H3,(H,35,39). The lowest BCUT2D eigenvalue weighted by molar-refractivity contribution is -0.137. The summed E-state index contributed by atoms with van der Waals surface area (Å²) in [5, 5.41) is 2.37. The third-order valence-corrected chi connectivity index (χ3v) is 7.61. The second-order valence-electron chi connectivity index (χ2n) is 9.71. The number of carbonyl (C=O) groups is 2. The molecule has 0 saturated heterocycles. The molecular weight excluding hydrogens is 583 g/mol. The number of carbonyl (C=O) groups excluding carboxylic acids is 2. The average Bonchev–Trinajstić information content (AvgIpc) is 3.40. The summed E-state index contributed by atoms with van der Waals surface area (Å²) >= 11 is 1.57. The molecule has 1 N–H and O–H groups in total. The van der Waals surface area contributed by atoms with Crippen LogP contribution in [0.3, 0.4) is 0 Å². The minimum Gasteiger partial charge on any atom is -0.493 e. The highest BCUT2D eigenvalue weighted by atomic mass is 32.1. The molecule has 0 spiro atoms. The van der Waals surface area contributed by atoms with Crippen molar-refractivity contribution < 1.29 is 37.0 Å². The van der Waals surface area contributed by atoms with Crippen LogP contribution in [0.25, 0.3) is 0 Å². The number of methoxy groups -OCH3 is 2. The molecule has 0 aliphatic heterocycles. The molecule has 1 heterocycles. The number of nitrogens with zero attached hydrogens (tertiary/aromatic N) is 2. The van der Waals surface area contributed by atoms with E-state index in [4.69, 9.17) is 14.2 Å². The van der Waals surface area contributed by atoms with Crippen molar-refractivity contribution >= 4 is 29.0 Å². The molecule has 0 bridgehead atoms. The zero-order valence-electron chi connectivity index (χ0n) is 24.8. The summed E-state index contributed by atoms with van der Waals surface area (Å²) in [4.78, 5) is 32.0. The Hall–Kier alpha value is -3.77. The highest BCUT2D eigenvalue weighted by Crippen LogP contribution is 2.34. The smallest absolute Gasteiger partial charge is 0.418 e. The molecule has 0 aliphatic rings. The number of urea groups is 1. The maximum absolute atomic E-state index is 13.7. The van der Waals surface area contributed by atoms with Gasteiger partial charge in [-0.25, -0.2) is 4.79 Å². The van der Waals surface area contributed by atoms with E-state index in [-0.39, 0.29) is 24.7 Å². The summed E-state index contributed by atoms with van der Waals surface area (Å²) in [6.45, 7) is 5.11. The first-order chi connectivity index (χ1) is 20.5. The third-order valence-electron chi connectivity index (χ3n) is 6.62. The van der Waals surface area contributed by atoms with Crippen LogP contribution in [0.2, 0.25) is 0 Å². The van der Waals surface area contributed by atoms with Gasteiger partial charge in [0.05, 0.1) is 32.0 Å². The van der Waals surface area contributed by atoms with E-state index >= 15 is 0 Å². The Labute approximate surface area is 254 Å². The molecule has 1 aromatic heterocycles. The van der Waals surface area contributed by atoms with Crippen LogP contribution in [0, 0.1) is 6.92 Å². The van der Waals surface area contributed by atoms with Crippen LogP contribution in [-0.4, -0.2) is 68.8 Å². The van der Waals surface area contributed by atoms with Crippen molar-refractivity contribution in [3.63, 3.8) is 0 Å². The predicted octanol–water partition coefficient (Wildman–Crippen LogP) is 6.62. The molecule has 0 fully saturated rings. The van der Waals surface area contributed by atoms with Crippen molar-refractivity contribution in [3.8, 4) is 11.5 Å². The summed E-state index contributed by atoms with van der Waals surface area (Å²) in [6.07, 6.45) is -3.74. The van der Waals surface area contributed by atoms with E-state index in [0.717, 1.165) is 21.4 Å². The minimum absolute atomic E-state index is 0.118. The summed E-state index contributed by atoms with van der Waals surface area (Å²) in [5.74, 6) is 0.833. The fourth-order valence-corrected chi connectivity index (χ4v) is 5.31. The van der Waals surface area contributed by atoms with Crippen molar-refractivity contribution in [1.29, 1.82) is 0 Å². The molecule has 12 heteroatoms. The number of alkyl halides is 3. The zero-order valence-corrected chi connectivity index (χ0v) is 25.6. The zero-order chi connectivity index (χ0) is 31.4. The molecule has 8 nitrogen and oxygen atoms in total. The number of hydrogen-bond donors (Lipinski definition) is 1. The van der Waals surface area contributed by atoms with Crippen LogP contribution in [0.15, 0.2) is 54.6 Å². The number of hydrogen-bond acceptors (Lipinski definition) is 6. The fraction of sp³-hybridized carbons (Fsp3) is 0.419. The number of rotatable bonds is 15. The summed E-state index contributed by atoms with van der Waals surface area (Å²) in [7, 11) is 3.10. The molecule has 3 amide bonds. The van der Waals surface area contributed by atoms with Crippen LogP contribution >= 0.6 is 11.3 Å². The van der Waals surface area contributed by atoms with E-state index in [1.165, 1.54) is 23.1 Å². The lowest BCUT2D eigenvalue weighted by Gasteiger charge is -2.28. The van der Waals surface area contributed by atoms with Crippen LogP contribution < -0.4 is 14.8 Å². The molecule has 3 aromatic rings. The van der Waals surface area contributed by atoms with Gasteiger partial charge in [0.2, 0.25) is 5.91 Å². The third kappa shape index (κ3) is 10.2. The van der Waals surface area contributed by atoms with E-state index in [9.17, 15) is 22.8 Å². The van der Waals surface area contributed by atoms with E-state index in [0.29, 0.717) is 50.6 Å². The van der Waals surface area contributed by atoms with Gasteiger partial charge in [-0.3, -0.25) is 4.79 Å². The van der Waals surface area contributed by atoms with E-state index in [2.05, 4.69) is 5.32 Å². The Bertz CT molecular complexity index is 1350. The Kier molecular flexibility index (Phi) is 12.7. The largest absolute Gasteiger partial charge is 0.493 e. The van der Waals surface area contributed by atoms with Crippen LogP contribution in [0.5, 0.6) is 11.5 Å². The summed E-state index contributed by atoms with van der Waals surface area (Å²) < 4.78 is 56.8. The topological polar surface area (TPSA) is 80.3 Å². The number of halogens is 3. The van der Waals surface area contributed by atoms with Crippen molar-refractivity contribution in [2.24, 2.45) is 0 Å². The van der Waals surface area contributed by atoms with E-state index < -0.39 is 17.8 Å². The number of thiophene rings is 1. The fourth-order valence-electron chi connectivity index (χ4n) is 4.40. The van der Waals surface area contributed by atoms with E-state index in [1.807, 2.05) is 38.1 Å². The molecule has 0 radical (unpaired) electrons. The molecule has 234 valence electrons. The maximum Gasteiger partial charge on any atom is 0.418 e. The van der Waals surface area contributed by atoms with Crippen molar-refractivity contribution in [3.05, 3.63) is 75.5 Å². The van der Waals surface area contributed by atoms with Gasteiger partial charge in [0.15, 0.2) is 11.5 Å². The van der Waals surface area contributed by atoms with Gasteiger partial charge in [0.1, 0.15) is 6.54 Å². The van der Waals surface area contributed by atoms with Gasteiger partial charge in [-0.15, -0.1) is 11.3 Å². The number of anilines is 1. The molecule has 0 saturated carbocycles. The van der Waals surface area contributed by atoms with Crippen LogP contribution in [0.4, 0.5) is 23.7 Å². The quantitative estimate of drug-likeness (QED) is 0.193. The van der Waals surface area contributed by atoms with Gasteiger partial charge in [-0.1, -0.05) is 18.2 Å². The predicted molar refractivity (Wildman–Crippen MR) is 161 cm³/mol. The first-order valence-electron chi connectivity index (χ1n) is 13.9. The molecule has 3 rings (SSSR count). The number of para-hydroxylation sites is 1.